The van der Waals surface area contributed by atoms with Gasteiger partial charge in [-0.3, -0.25) is 0 Å². The second-order valence-electron chi connectivity index (χ2n) is 2.93. The van der Waals surface area contributed by atoms with E-state index in [2.05, 4.69) is 20.7 Å². The third kappa shape index (κ3) is 2.66. The highest BCUT2D eigenvalue weighted by molar-refractivity contribution is 9.10. The predicted octanol–water partition coefficient (Wildman–Crippen LogP) is 2.32. The lowest BCUT2D eigenvalue weighted by Gasteiger charge is -2.12. The summed E-state index contributed by atoms with van der Waals surface area (Å²) in [6.45, 7) is 0. The second-order valence-corrected chi connectivity index (χ2v) is 4.20. The zero-order chi connectivity index (χ0) is 12.3. The Morgan fingerprint density at radius 3 is 2.62 bits per heavy atom. The summed E-state index contributed by atoms with van der Waals surface area (Å²) in [7, 11) is 2.69. The molecular formula is C10H10BrClO4. The topological polar surface area (TPSA) is 55.8 Å². The van der Waals surface area contributed by atoms with E-state index in [9.17, 15) is 9.90 Å². The van der Waals surface area contributed by atoms with Crippen LogP contribution < -0.4 is 4.74 Å². The Kier molecular flexibility index (Phi) is 4.58. The molecule has 1 N–H and O–H groups in total. The van der Waals surface area contributed by atoms with Crippen molar-refractivity contribution in [3.63, 3.8) is 0 Å². The molecule has 4 nitrogen and oxygen atoms in total. The molecule has 0 fully saturated rings. The van der Waals surface area contributed by atoms with Crippen molar-refractivity contribution in [2.24, 2.45) is 0 Å². The van der Waals surface area contributed by atoms with E-state index in [0.29, 0.717) is 10.2 Å². The van der Waals surface area contributed by atoms with Crippen molar-refractivity contribution in [1.29, 1.82) is 0 Å². The fourth-order valence-electron chi connectivity index (χ4n) is 1.15. The minimum absolute atomic E-state index is 0.234. The van der Waals surface area contributed by atoms with Gasteiger partial charge in [0.15, 0.2) is 6.10 Å². The Labute approximate surface area is 106 Å². The summed E-state index contributed by atoms with van der Waals surface area (Å²) < 4.78 is 10.0. The zero-order valence-corrected chi connectivity index (χ0v) is 11.0. The first-order chi connectivity index (χ1) is 7.51. The van der Waals surface area contributed by atoms with Gasteiger partial charge in [-0.1, -0.05) is 11.6 Å². The SMILES string of the molecule is COC(=O)C(O)c1cc(Br)c(OC)cc1Cl. The van der Waals surface area contributed by atoms with Gasteiger partial charge in [-0.25, -0.2) is 4.79 Å². The maximum Gasteiger partial charge on any atom is 0.339 e. The number of hydrogen-bond acceptors (Lipinski definition) is 4. The van der Waals surface area contributed by atoms with Crippen LogP contribution in [-0.2, 0) is 9.53 Å². The number of carbonyl (C=O) groups excluding carboxylic acids is 1. The minimum Gasteiger partial charge on any atom is -0.496 e. The number of rotatable bonds is 3. The molecule has 0 aliphatic heterocycles. The highest BCUT2D eigenvalue weighted by atomic mass is 79.9. The van der Waals surface area contributed by atoms with E-state index in [4.69, 9.17) is 16.3 Å². The Morgan fingerprint density at radius 2 is 2.12 bits per heavy atom. The number of esters is 1. The Hall–Kier alpha value is -0.780. The summed E-state index contributed by atoms with van der Waals surface area (Å²) in [5.74, 6) is -0.246. The number of ether oxygens (including phenoxy) is 2. The number of aliphatic hydroxyl groups excluding tert-OH is 1. The van der Waals surface area contributed by atoms with E-state index in [1.165, 1.54) is 26.4 Å². The van der Waals surface area contributed by atoms with Crippen molar-refractivity contribution < 1.29 is 19.4 Å². The molecular weight excluding hydrogens is 299 g/mol. The second kappa shape index (κ2) is 5.52. The van der Waals surface area contributed by atoms with Gasteiger partial charge in [-0.05, 0) is 22.0 Å². The summed E-state index contributed by atoms with van der Waals surface area (Å²) in [6.07, 6.45) is -1.40. The number of aliphatic hydroxyl groups is 1. The van der Waals surface area contributed by atoms with Crippen LogP contribution in [0.25, 0.3) is 0 Å². The Morgan fingerprint density at radius 1 is 1.50 bits per heavy atom. The fraction of sp³-hybridized carbons (Fsp3) is 0.300. The maximum absolute atomic E-state index is 11.2. The van der Waals surface area contributed by atoms with Crippen LogP contribution in [0.15, 0.2) is 16.6 Å². The van der Waals surface area contributed by atoms with Gasteiger partial charge in [0.1, 0.15) is 5.75 Å². The number of hydrogen-bond donors (Lipinski definition) is 1. The van der Waals surface area contributed by atoms with Gasteiger partial charge in [0.25, 0.3) is 0 Å². The molecule has 0 saturated carbocycles. The van der Waals surface area contributed by atoms with Gasteiger partial charge in [0.2, 0.25) is 0 Å². The van der Waals surface area contributed by atoms with Crippen molar-refractivity contribution in [3.8, 4) is 5.75 Å². The predicted molar refractivity (Wildman–Crippen MR) is 62.7 cm³/mol. The molecule has 16 heavy (non-hydrogen) atoms. The fourth-order valence-corrected chi connectivity index (χ4v) is 1.93. The highest BCUT2D eigenvalue weighted by Gasteiger charge is 2.22. The lowest BCUT2D eigenvalue weighted by molar-refractivity contribution is -0.150. The summed E-state index contributed by atoms with van der Waals surface area (Å²) in [5, 5.41) is 9.87. The smallest absolute Gasteiger partial charge is 0.339 e. The molecule has 0 aliphatic rings. The molecule has 1 unspecified atom stereocenters. The van der Waals surface area contributed by atoms with Gasteiger partial charge in [-0.15, -0.1) is 0 Å². The van der Waals surface area contributed by atoms with Crippen LogP contribution in [0.4, 0.5) is 0 Å². The van der Waals surface area contributed by atoms with E-state index in [1.807, 2.05) is 0 Å². The van der Waals surface area contributed by atoms with Crippen molar-refractivity contribution in [2.75, 3.05) is 14.2 Å². The van der Waals surface area contributed by atoms with Gasteiger partial charge in [0.05, 0.1) is 23.7 Å². The molecule has 88 valence electrons. The van der Waals surface area contributed by atoms with Crippen LogP contribution >= 0.6 is 27.5 Å². The Balaban J connectivity index is 3.15. The van der Waals surface area contributed by atoms with Crippen LogP contribution in [0.3, 0.4) is 0 Å². The summed E-state index contributed by atoms with van der Waals surface area (Å²) in [4.78, 5) is 11.2. The monoisotopic (exact) mass is 308 g/mol. The number of halogens is 2. The van der Waals surface area contributed by atoms with E-state index in [1.54, 1.807) is 0 Å². The van der Waals surface area contributed by atoms with E-state index < -0.39 is 12.1 Å². The maximum atomic E-state index is 11.2. The third-order valence-corrected chi connectivity index (χ3v) is 2.94. The van der Waals surface area contributed by atoms with Crippen LogP contribution in [0, 0.1) is 0 Å². The zero-order valence-electron chi connectivity index (χ0n) is 8.66. The van der Waals surface area contributed by atoms with Gasteiger partial charge in [0, 0.05) is 11.6 Å². The summed E-state index contributed by atoms with van der Waals surface area (Å²) in [5.41, 5.74) is 0.265. The molecule has 0 saturated heterocycles. The first-order valence-electron chi connectivity index (χ1n) is 4.30. The molecule has 0 amide bonds. The van der Waals surface area contributed by atoms with Gasteiger partial charge < -0.3 is 14.6 Å². The molecule has 6 heteroatoms. The Bertz CT molecular complexity index is 408. The normalized spacial score (nSPS) is 12.1. The lowest BCUT2D eigenvalue weighted by atomic mass is 10.1. The first-order valence-corrected chi connectivity index (χ1v) is 5.47. The van der Waals surface area contributed by atoms with Crippen LogP contribution in [-0.4, -0.2) is 25.3 Å². The van der Waals surface area contributed by atoms with Gasteiger partial charge >= 0.3 is 5.97 Å². The quantitative estimate of drug-likeness (QED) is 0.871. The molecule has 0 heterocycles. The van der Waals surface area contributed by atoms with Crippen molar-refractivity contribution >= 4 is 33.5 Å². The molecule has 1 atom stereocenters. The summed E-state index contributed by atoms with van der Waals surface area (Å²) in [6, 6.07) is 3.02. The van der Waals surface area contributed by atoms with Crippen molar-refractivity contribution in [3.05, 3.63) is 27.2 Å². The summed E-state index contributed by atoms with van der Waals surface area (Å²) >= 11 is 9.14. The van der Waals surface area contributed by atoms with Crippen LogP contribution in [0.2, 0.25) is 5.02 Å². The molecule has 1 rings (SSSR count). The average Bonchev–Trinajstić information content (AvgIpc) is 2.29. The van der Waals surface area contributed by atoms with E-state index in [-0.39, 0.29) is 10.6 Å². The van der Waals surface area contributed by atoms with Crippen LogP contribution in [0.5, 0.6) is 5.75 Å². The molecule has 0 bridgehead atoms. The van der Waals surface area contributed by atoms with Gasteiger partial charge in [-0.2, -0.15) is 0 Å². The number of methoxy groups -OCH3 is 2. The number of carbonyl (C=O) groups is 1. The lowest BCUT2D eigenvalue weighted by Crippen LogP contribution is -2.14. The largest absolute Gasteiger partial charge is 0.496 e. The third-order valence-electron chi connectivity index (χ3n) is 1.99. The highest BCUT2D eigenvalue weighted by Crippen LogP contribution is 2.34. The molecule has 0 radical (unpaired) electrons. The molecule has 0 aliphatic carbocycles. The van der Waals surface area contributed by atoms with Crippen molar-refractivity contribution in [2.45, 2.75) is 6.10 Å². The standard InChI is InChI=1S/C10H10BrClO4/c1-15-8-4-7(12)5(3-6(8)11)9(13)10(14)16-2/h3-4,9,13H,1-2H3. The first kappa shape index (κ1) is 13.3. The molecule has 1 aromatic carbocycles. The molecule has 1 aromatic rings. The average molecular weight is 310 g/mol. The number of benzene rings is 1. The molecule has 0 aromatic heterocycles. The van der Waals surface area contributed by atoms with Crippen LogP contribution in [0.1, 0.15) is 11.7 Å². The minimum atomic E-state index is -1.40. The van der Waals surface area contributed by atoms with E-state index >= 15 is 0 Å². The molecule has 0 spiro atoms. The van der Waals surface area contributed by atoms with E-state index in [0.717, 1.165) is 0 Å². The van der Waals surface area contributed by atoms with Crippen molar-refractivity contribution in [1.82, 2.24) is 0 Å².